The van der Waals surface area contributed by atoms with E-state index in [4.69, 9.17) is 18.9 Å². The lowest BCUT2D eigenvalue weighted by molar-refractivity contribution is 0.204. The second-order valence-corrected chi connectivity index (χ2v) is 16.8. The van der Waals surface area contributed by atoms with Crippen LogP contribution in [-0.2, 0) is 16.4 Å². The van der Waals surface area contributed by atoms with Gasteiger partial charge in [-0.05, 0) is 53.7 Å². The molecule has 0 aliphatic rings. The first-order valence-electron chi connectivity index (χ1n) is 12.8. The predicted molar refractivity (Wildman–Crippen MR) is 153 cm³/mol. The molecule has 5 heteroatoms. The van der Waals surface area contributed by atoms with Gasteiger partial charge in [-0.25, -0.2) is 0 Å². The van der Waals surface area contributed by atoms with Crippen LogP contribution in [0.15, 0.2) is 60.7 Å². The number of aromatic nitrogens is 1. The molecule has 0 saturated heterocycles. The van der Waals surface area contributed by atoms with Gasteiger partial charge < -0.3 is 13.9 Å². The van der Waals surface area contributed by atoms with Crippen molar-refractivity contribution < 1.29 is 13.9 Å². The summed E-state index contributed by atoms with van der Waals surface area (Å²) in [7, 11) is -1.82. The van der Waals surface area contributed by atoms with E-state index in [1.807, 2.05) is 37.3 Å². The largest absolute Gasteiger partial charge is 0.491 e. The van der Waals surface area contributed by atoms with Crippen molar-refractivity contribution in [3.05, 3.63) is 77.5 Å². The number of hydrogen-bond acceptors (Lipinski definition) is 4. The van der Waals surface area contributed by atoms with Crippen molar-refractivity contribution in [2.24, 2.45) is 0 Å². The van der Waals surface area contributed by atoms with Gasteiger partial charge in [0.25, 0.3) is 0 Å². The summed E-state index contributed by atoms with van der Waals surface area (Å²) in [5.41, 5.74) is 5.08. The highest BCUT2D eigenvalue weighted by Crippen LogP contribution is 2.37. The van der Waals surface area contributed by atoms with Gasteiger partial charge in [0, 0.05) is 23.4 Å². The van der Waals surface area contributed by atoms with Gasteiger partial charge in [0.2, 0.25) is 0 Å². The van der Waals surface area contributed by atoms with E-state index >= 15 is 0 Å². The molecule has 3 rings (SSSR count). The summed E-state index contributed by atoms with van der Waals surface area (Å²) in [6.07, 6.45) is 0. The monoisotopic (exact) mass is 505 g/mol. The molecule has 0 aliphatic heterocycles. The maximum atomic E-state index is 6.36. The number of hydrogen-bond donors (Lipinski definition) is 0. The minimum absolute atomic E-state index is 0.0122. The zero-order valence-corrected chi connectivity index (χ0v) is 24.6. The Morgan fingerprint density at radius 1 is 0.806 bits per heavy atom. The Morgan fingerprint density at radius 2 is 1.50 bits per heavy atom. The number of benzene rings is 2. The van der Waals surface area contributed by atoms with Crippen LogP contribution in [0.25, 0.3) is 11.3 Å². The zero-order chi connectivity index (χ0) is 26.6. The van der Waals surface area contributed by atoms with E-state index < -0.39 is 8.32 Å². The fraction of sp³-hybridized carbons (Fsp3) is 0.452. The Labute approximate surface area is 219 Å². The van der Waals surface area contributed by atoms with Gasteiger partial charge in [0.15, 0.2) is 8.32 Å². The van der Waals surface area contributed by atoms with Gasteiger partial charge in [-0.1, -0.05) is 77.9 Å². The Kier molecular flexibility index (Phi) is 8.68. The minimum Gasteiger partial charge on any atom is -0.491 e. The van der Waals surface area contributed by atoms with Crippen LogP contribution in [0, 0.1) is 6.92 Å². The van der Waals surface area contributed by atoms with E-state index in [9.17, 15) is 0 Å². The van der Waals surface area contributed by atoms with Crippen LogP contribution in [0.4, 0.5) is 0 Å². The van der Waals surface area contributed by atoms with Gasteiger partial charge in [-0.3, -0.25) is 4.98 Å². The van der Waals surface area contributed by atoms with Crippen molar-refractivity contribution in [1.82, 2.24) is 4.98 Å². The molecule has 3 aromatic rings. The first-order valence-corrected chi connectivity index (χ1v) is 15.7. The van der Waals surface area contributed by atoms with Crippen molar-refractivity contribution in [2.75, 3.05) is 13.2 Å². The molecule has 0 radical (unpaired) electrons. The summed E-state index contributed by atoms with van der Waals surface area (Å²) in [5.74, 6) is 1.63. The average molecular weight is 506 g/mol. The number of pyridine rings is 1. The number of nitrogens with zero attached hydrogens (tertiary/aromatic N) is 1. The normalized spacial score (nSPS) is 12.5. The molecule has 0 bridgehead atoms. The van der Waals surface area contributed by atoms with Crippen LogP contribution in [0.3, 0.4) is 0 Å². The Balaban J connectivity index is 1.84. The molecule has 2 aromatic carbocycles. The lowest BCUT2D eigenvalue weighted by Crippen LogP contribution is -2.41. The molecule has 0 unspecified atom stereocenters. The van der Waals surface area contributed by atoms with Crippen LogP contribution in [0.2, 0.25) is 18.1 Å². The molecule has 0 spiro atoms. The third-order valence-electron chi connectivity index (χ3n) is 6.91. The fourth-order valence-corrected chi connectivity index (χ4v) is 4.61. The van der Waals surface area contributed by atoms with Crippen LogP contribution >= 0.6 is 0 Å². The third-order valence-corrected chi connectivity index (χ3v) is 11.4. The lowest BCUT2D eigenvalue weighted by Gasteiger charge is -2.36. The lowest BCUT2D eigenvalue weighted by atomic mass is 9.86. The summed E-state index contributed by atoms with van der Waals surface area (Å²) < 4.78 is 18.8. The van der Waals surface area contributed by atoms with Crippen LogP contribution < -0.4 is 9.47 Å². The molecule has 194 valence electrons. The topological polar surface area (TPSA) is 40.6 Å². The smallest absolute Gasteiger partial charge is 0.192 e. The average Bonchev–Trinajstić information content (AvgIpc) is 2.79. The molecular formula is C31H43NO3Si. The Hall–Kier alpha value is -2.63. The van der Waals surface area contributed by atoms with Crippen molar-refractivity contribution in [3.8, 4) is 22.8 Å². The number of aryl methyl sites for hydroxylation is 1. The molecule has 0 N–H and O–H groups in total. The molecule has 1 aromatic heterocycles. The van der Waals surface area contributed by atoms with Crippen molar-refractivity contribution in [3.63, 3.8) is 0 Å². The van der Waals surface area contributed by atoms with Gasteiger partial charge in [0.1, 0.15) is 24.7 Å². The van der Waals surface area contributed by atoms with E-state index in [-0.39, 0.29) is 10.5 Å². The Morgan fingerprint density at radius 3 is 2.14 bits per heavy atom. The van der Waals surface area contributed by atoms with Crippen molar-refractivity contribution in [1.29, 1.82) is 0 Å². The standard InChI is InChI=1S/C31H43NO3Si/c1-23-19-26(34-22-24-13-11-10-12-14-24)21-28(32-23)27-16-15-25(30(2,3)4)20-29(27)33-17-18-35-36(8,9)31(5,6)7/h10-16,19-21H,17-18,22H2,1-9H3. The Bertz CT molecular complexity index is 1140. The SMILES string of the molecule is Cc1cc(OCc2ccccc2)cc(-c2ccc(C(C)(C)C)cc2OCCO[Si](C)(C)C(C)(C)C)n1. The van der Waals surface area contributed by atoms with Crippen LogP contribution in [0.1, 0.15) is 58.4 Å². The quantitative estimate of drug-likeness (QED) is 0.216. The summed E-state index contributed by atoms with van der Waals surface area (Å²) in [6.45, 7) is 21.5. The molecule has 0 atom stereocenters. The second-order valence-electron chi connectivity index (χ2n) is 12.0. The highest BCUT2D eigenvalue weighted by Gasteiger charge is 2.37. The highest BCUT2D eigenvalue weighted by molar-refractivity contribution is 6.74. The fourth-order valence-electron chi connectivity index (χ4n) is 3.58. The van der Waals surface area contributed by atoms with E-state index in [0.29, 0.717) is 19.8 Å². The molecule has 1 heterocycles. The summed E-state index contributed by atoms with van der Waals surface area (Å²) in [5, 5.41) is 0.173. The molecule has 0 saturated carbocycles. The minimum atomic E-state index is -1.82. The molecule has 4 nitrogen and oxygen atoms in total. The van der Waals surface area contributed by atoms with E-state index in [0.717, 1.165) is 34.0 Å². The van der Waals surface area contributed by atoms with Crippen molar-refractivity contribution in [2.45, 2.75) is 78.6 Å². The van der Waals surface area contributed by atoms with Crippen LogP contribution in [-0.4, -0.2) is 26.5 Å². The maximum Gasteiger partial charge on any atom is 0.192 e. The van der Waals surface area contributed by atoms with Gasteiger partial charge >= 0.3 is 0 Å². The summed E-state index contributed by atoms with van der Waals surface area (Å²) in [4.78, 5) is 4.83. The number of ether oxygens (including phenoxy) is 2. The maximum absolute atomic E-state index is 6.36. The highest BCUT2D eigenvalue weighted by atomic mass is 28.4. The van der Waals surface area contributed by atoms with Gasteiger partial charge in [-0.15, -0.1) is 0 Å². The first-order chi connectivity index (χ1) is 16.8. The molecule has 0 fully saturated rings. The summed E-state index contributed by atoms with van der Waals surface area (Å²) >= 11 is 0. The molecule has 0 aliphatic carbocycles. The summed E-state index contributed by atoms with van der Waals surface area (Å²) in [6, 6.07) is 20.6. The van der Waals surface area contributed by atoms with Crippen LogP contribution in [0.5, 0.6) is 11.5 Å². The first kappa shape index (κ1) is 27.9. The van der Waals surface area contributed by atoms with E-state index in [1.54, 1.807) is 0 Å². The number of rotatable bonds is 9. The van der Waals surface area contributed by atoms with Gasteiger partial charge in [0.05, 0.1) is 12.3 Å². The second kappa shape index (κ2) is 11.2. The van der Waals surface area contributed by atoms with E-state index in [2.05, 4.69) is 85.0 Å². The third kappa shape index (κ3) is 7.44. The zero-order valence-electron chi connectivity index (χ0n) is 23.6. The van der Waals surface area contributed by atoms with E-state index in [1.165, 1.54) is 5.56 Å². The van der Waals surface area contributed by atoms with Gasteiger partial charge in [-0.2, -0.15) is 0 Å². The molecule has 0 amide bonds. The molecular weight excluding hydrogens is 462 g/mol. The van der Waals surface area contributed by atoms with Crippen molar-refractivity contribution >= 4 is 8.32 Å². The molecule has 36 heavy (non-hydrogen) atoms. The predicted octanol–water partition coefficient (Wildman–Crippen LogP) is 8.33.